The van der Waals surface area contributed by atoms with Gasteiger partial charge in [-0.05, 0) is 49.8 Å². The zero-order valence-corrected chi connectivity index (χ0v) is 18.8. The Morgan fingerprint density at radius 1 is 1.28 bits per heavy atom. The van der Waals surface area contributed by atoms with Crippen molar-refractivity contribution in [2.45, 2.75) is 26.8 Å². The lowest BCUT2D eigenvalue weighted by Crippen LogP contribution is -2.38. The number of nitrogens with zero attached hydrogens (tertiary/aromatic N) is 2. The van der Waals surface area contributed by atoms with Crippen molar-refractivity contribution < 1.29 is 23.8 Å². The highest BCUT2D eigenvalue weighted by atomic mass is 16.5. The zero-order valence-electron chi connectivity index (χ0n) is 18.8. The molecule has 170 valence electrons. The predicted molar refractivity (Wildman–Crippen MR) is 122 cm³/mol. The first kappa shape index (κ1) is 23.3. The van der Waals surface area contributed by atoms with Crippen LogP contribution in [0.1, 0.15) is 41.8 Å². The molecule has 2 heterocycles. The fraction of sp³-hybridized carbons (Fsp3) is 0.360. The Kier molecular flexibility index (Phi) is 7.53. The molecule has 7 heteroatoms. The number of carbonyl (C=O) groups excluding carboxylic acids is 2. The molecule has 0 fully saturated rings. The van der Waals surface area contributed by atoms with Crippen molar-refractivity contribution in [1.29, 1.82) is 0 Å². The summed E-state index contributed by atoms with van der Waals surface area (Å²) >= 11 is 0. The van der Waals surface area contributed by atoms with Gasteiger partial charge in [0.25, 0.3) is 5.91 Å². The average Bonchev–Trinajstić information content (AvgIpc) is 3.34. The summed E-state index contributed by atoms with van der Waals surface area (Å²) in [5.41, 5.74) is 0.694. The van der Waals surface area contributed by atoms with E-state index in [-0.39, 0.29) is 11.3 Å². The molecule has 1 atom stereocenters. The fourth-order valence-electron chi connectivity index (χ4n) is 3.87. The van der Waals surface area contributed by atoms with Crippen molar-refractivity contribution >= 4 is 11.7 Å². The molecule has 0 spiro atoms. The molecule has 3 rings (SSSR count). The maximum absolute atomic E-state index is 13.3. The Bertz CT molecular complexity index is 1020. The van der Waals surface area contributed by atoms with Crippen LogP contribution in [0.4, 0.5) is 0 Å². The average molecular weight is 439 g/mol. The molecule has 2 aromatic rings. The maximum Gasteiger partial charge on any atom is 0.290 e. The Labute approximate surface area is 188 Å². The number of aliphatic hydroxyl groups excluding tert-OH is 1. The molecule has 32 heavy (non-hydrogen) atoms. The number of amides is 1. The van der Waals surface area contributed by atoms with E-state index in [0.717, 1.165) is 13.1 Å². The number of furan rings is 1. The zero-order chi connectivity index (χ0) is 23.3. The van der Waals surface area contributed by atoms with E-state index in [2.05, 4.69) is 25.3 Å². The van der Waals surface area contributed by atoms with Crippen LogP contribution in [0.2, 0.25) is 0 Å². The lowest BCUT2D eigenvalue weighted by molar-refractivity contribution is -0.129. The van der Waals surface area contributed by atoms with E-state index in [0.29, 0.717) is 36.8 Å². The van der Waals surface area contributed by atoms with Crippen LogP contribution in [0.3, 0.4) is 0 Å². The molecule has 0 saturated carbocycles. The molecule has 1 amide bonds. The number of Topliss-reactive ketones (excluding diaryl/α,β-unsaturated/α-hetero) is 1. The SMILES string of the molecule is C=CCOc1cccc(C2C(C(=O)c3ccc(C)o3)=C(O)C(=O)N2CCN(CC)CC)c1. The van der Waals surface area contributed by atoms with Gasteiger partial charge in [0.2, 0.25) is 5.78 Å². The van der Waals surface area contributed by atoms with Crippen molar-refractivity contribution in [3.8, 4) is 5.75 Å². The summed E-state index contributed by atoms with van der Waals surface area (Å²) in [5.74, 6) is -0.349. The second-order valence-electron chi connectivity index (χ2n) is 7.60. The molecule has 1 unspecified atom stereocenters. The summed E-state index contributed by atoms with van der Waals surface area (Å²) in [7, 11) is 0. The Balaban J connectivity index is 2.02. The molecule has 1 aliphatic rings. The number of ketones is 1. The third-order valence-electron chi connectivity index (χ3n) is 5.61. The maximum atomic E-state index is 13.3. The minimum Gasteiger partial charge on any atom is -0.503 e. The summed E-state index contributed by atoms with van der Waals surface area (Å²) in [4.78, 5) is 30.1. The Morgan fingerprint density at radius 3 is 2.66 bits per heavy atom. The number of ether oxygens (including phenoxy) is 1. The number of carbonyl (C=O) groups is 2. The van der Waals surface area contributed by atoms with Gasteiger partial charge in [0.05, 0.1) is 11.6 Å². The number of likely N-dealkylation sites (N-methyl/N-ethyl adjacent to an activating group) is 1. The quantitative estimate of drug-likeness (QED) is 0.421. The molecule has 0 bridgehead atoms. The lowest BCUT2D eigenvalue weighted by atomic mass is 9.95. The number of hydrogen-bond donors (Lipinski definition) is 1. The number of aryl methyl sites for hydroxylation is 1. The highest BCUT2D eigenvalue weighted by molar-refractivity contribution is 6.15. The normalized spacial score (nSPS) is 16.2. The van der Waals surface area contributed by atoms with Crippen molar-refractivity contribution in [3.63, 3.8) is 0 Å². The molecular weight excluding hydrogens is 408 g/mol. The molecular formula is C25H30N2O5. The van der Waals surface area contributed by atoms with Gasteiger partial charge in [-0.2, -0.15) is 0 Å². The van der Waals surface area contributed by atoms with Gasteiger partial charge in [-0.3, -0.25) is 9.59 Å². The first-order valence-electron chi connectivity index (χ1n) is 10.8. The molecule has 1 aromatic heterocycles. The Hall–Kier alpha value is -3.32. The van der Waals surface area contributed by atoms with Gasteiger partial charge in [-0.25, -0.2) is 0 Å². The van der Waals surface area contributed by atoms with Crippen LogP contribution in [0.5, 0.6) is 5.75 Å². The van der Waals surface area contributed by atoms with Crippen LogP contribution in [0.25, 0.3) is 0 Å². The summed E-state index contributed by atoms with van der Waals surface area (Å²) in [6.45, 7) is 12.5. The number of benzene rings is 1. The van der Waals surface area contributed by atoms with Crippen molar-refractivity contribution in [1.82, 2.24) is 9.80 Å². The second-order valence-corrected chi connectivity index (χ2v) is 7.60. The van der Waals surface area contributed by atoms with Gasteiger partial charge in [0.1, 0.15) is 18.1 Å². The van der Waals surface area contributed by atoms with Gasteiger partial charge in [-0.1, -0.05) is 38.6 Å². The lowest BCUT2D eigenvalue weighted by Gasteiger charge is -2.29. The third kappa shape index (κ3) is 4.78. The van der Waals surface area contributed by atoms with E-state index in [1.807, 2.05) is 6.07 Å². The first-order valence-corrected chi connectivity index (χ1v) is 10.8. The molecule has 1 aliphatic heterocycles. The second kappa shape index (κ2) is 10.3. The van der Waals surface area contributed by atoms with Crippen LogP contribution in [0, 0.1) is 6.92 Å². The van der Waals surface area contributed by atoms with E-state index in [4.69, 9.17) is 9.15 Å². The van der Waals surface area contributed by atoms with E-state index >= 15 is 0 Å². The summed E-state index contributed by atoms with van der Waals surface area (Å²) in [6, 6.07) is 9.69. The van der Waals surface area contributed by atoms with Gasteiger partial charge >= 0.3 is 0 Å². The molecule has 0 aliphatic carbocycles. The number of aliphatic hydroxyl groups is 1. The first-order chi connectivity index (χ1) is 15.4. The summed E-state index contributed by atoms with van der Waals surface area (Å²) in [5, 5.41) is 10.8. The molecule has 0 saturated heterocycles. The van der Waals surface area contributed by atoms with Gasteiger partial charge < -0.3 is 24.1 Å². The van der Waals surface area contributed by atoms with E-state index in [9.17, 15) is 14.7 Å². The van der Waals surface area contributed by atoms with Crippen molar-refractivity contribution in [3.05, 3.63) is 77.5 Å². The smallest absolute Gasteiger partial charge is 0.290 e. The topological polar surface area (TPSA) is 83.2 Å². The summed E-state index contributed by atoms with van der Waals surface area (Å²) in [6.07, 6.45) is 1.64. The number of rotatable bonds is 11. The van der Waals surface area contributed by atoms with Crippen LogP contribution >= 0.6 is 0 Å². The van der Waals surface area contributed by atoms with E-state index in [1.54, 1.807) is 48.2 Å². The number of hydrogen-bond acceptors (Lipinski definition) is 6. The molecule has 7 nitrogen and oxygen atoms in total. The third-order valence-corrected chi connectivity index (χ3v) is 5.61. The summed E-state index contributed by atoms with van der Waals surface area (Å²) < 4.78 is 11.2. The highest BCUT2D eigenvalue weighted by Crippen LogP contribution is 2.40. The molecule has 1 aromatic carbocycles. The Morgan fingerprint density at radius 2 is 2.03 bits per heavy atom. The minimum atomic E-state index is -0.747. The minimum absolute atomic E-state index is 0.0183. The van der Waals surface area contributed by atoms with Gasteiger partial charge in [0.15, 0.2) is 11.5 Å². The molecule has 0 radical (unpaired) electrons. The van der Waals surface area contributed by atoms with Crippen LogP contribution in [0.15, 0.2) is 64.8 Å². The highest BCUT2D eigenvalue weighted by Gasteiger charge is 2.44. The fourth-order valence-corrected chi connectivity index (χ4v) is 3.87. The van der Waals surface area contributed by atoms with Crippen molar-refractivity contribution in [2.24, 2.45) is 0 Å². The van der Waals surface area contributed by atoms with Crippen LogP contribution in [-0.2, 0) is 4.79 Å². The standard InChI is InChI=1S/C25H30N2O5/c1-5-15-31-19-10-8-9-18(16-19)22-21(23(28)20-12-11-17(4)32-20)24(29)25(30)27(22)14-13-26(6-2)7-3/h5,8-12,16,22,29H,1,6-7,13-15H2,2-4H3. The van der Waals surface area contributed by atoms with E-state index < -0.39 is 23.5 Å². The predicted octanol–water partition coefficient (Wildman–Crippen LogP) is 4.07. The van der Waals surface area contributed by atoms with Crippen LogP contribution < -0.4 is 4.74 Å². The van der Waals surface area contributed by atoms with Crippen LogP contribution in [-0.4, -0.2) is 59.4 Å². The molecule has 1 N–H and O–H groups in total. The van der Waals surface area contributed by atoms with E-state index in [1.165, 1.54) is 0 Å². The monoisotopic (exact) mass is 438 g/mol. The largest absolute Gasteiger partial charge is 0.503 e. The van der Waals surface area contributed by atoms with Gasteiger partial charge in [0, 0.05) is 13.1 Å². The van der Waals surface area contributed by atoms with Crippen molar-refractivity contribution in [2.75, 3.05) is 32.8 Å². The van der Waals surface area contributed by atoms with Gasteiger partial charge in [-0.15, -0.1) is 0 Å².